The average Bonchev–Trinajstić information content (AvgIpc) is 2.34. The fourth-order valence-electron chi connectivity index (χ4n) is 1.44. The molecule has 0 aliphatic carbocycles. The maximum atomic E-state index is 11.9. The molecule has 0 saturated carbocycles. The number of nitrogens with one attached hydrogen (secondary N) is 2. The van der Waals surface area contributed by atoms with Crippen molar-refractivity contribution in [1.29, 1.82) is 0 Å². The van der Waals surface area contributed by atoms with Gasteiger partial charge in [0.2, 0.25) is 5.91 Å². The van der Waals surface area contributed by atoms with Crippen LogP contribution < -0.4 is 10.6 Å². The second-order valence-corrected chi connectivity index (χ2v) is 4.14. The lowest BCUT2D eigenvalue weighted by Crippen LogP contribution is -2.33. The van der Waals surface area contributed by atoms with Crippen molar-refractivity contribution in [3.8, 4) is 0 Å². The molecule has 1 atom stereocenters. The van der Waals surface area contributed by atoms with E-state index in [1.165, 1.54) is 0 Å². The van der Waals surface area contributed by atoms with Gasteiger partial charge in [0.15, 0.2) is 0 Å². The van der Waals surface area contributed by atoms with Crippen LogP contribution in [-0.4, -0.2) is 32.2 Å². The SMILES string of the molecule is CCCN/C(C)=C(\CC)C(=O)NCC(C)OC. The fourth-order valence-corrected chi connectivity index (χ4v) is 1.44. The van der Waals surface area contributed by atoms with Gasteiger partial charge in [0.25, 0.3) is 0 Å². The fraction of sp³-hybridized carbons (Fsp3) is 0.769. The van der Waals surface area contributed by atoms with Crippen LogP contribution in [0.25, 0.3) is 0 Å². The third kappa shape index (κ3) is 6.31. The third-order valence-corrected chi connectivity index (χ3v) is 2.67. The van der Waals surface area contributed by atoms with Crippen molar-refractivity contribution in [3.05, 3.63) is 11.3 Å². The summed E-state index contributed by atoms with van der Waals surface area (Å²) in [6.45, 7) is 9.42. The Balaban J connectivity index is 4.38. The van der Waals surface area contributed by atoms with Crippen LogP contribution in [0.15, 0.2) is 11.3 Å². The lowest BCUT2D eigenvalue weighted by molar-refractivity contribution is -0.118. The molecule has 0 heterocycles. The zero-order valence-corrected chi connectivity index (χ0v) is 11.7. The van der Waals surface area contributed by atoms with E-state index in [9.17, 15) is 4.79 Å². The average molecular weight is 242 g/mol. The van der Waals surface area contributed by atoms with Crippen LogP contribution >= 0.6 is 0 Å². The molecule has 0 rings (SSSR count). The summed E-state index contributed by atoms with van der Waals surface area (Å²) < 4.78 is 5.09. The lowest BCUT2D eigenvalue weighted by Gasteiger charge is -2.14. The standard InChI is InChI=1S/C13H26N2O2/c1-6-8-14-11(4)12(7-2)13(16)15-9-10(3)17-5/h10,14H,6-9H2,1-5H3,(H,15,16)/b12-11+. The summed E-state index contributed by atoms with van der Waals surface area (Å²) in [5, 5.41) is 6.13. The molecule has 0 aromatic heterocycles. The smallest absolute Gasteiger partial charge is 0.249 e. The Bertz CT molecular complexity index is 262. The number of rotatable bonds is 8. The first-order valence-corrected chi connectivity index (χ1v) is 6.31. The Morgan fingerprint density at radius 3 is 2.41 bits per heavy atom. The minimum Gasteiger partial charge on any atom is -0.388 e. The topological polar surface area (TPSA) is 50.4 Å². The summed E-state index contributed by atoms with van der Waals surface area (Å²) in [6, 6.07) is 0. The predicted molar refractivity (Wildman–Crippen MR) is 70.8 cm³/mol. The zero-order valence-electron chi connectivity index (χ0n) is 11.7. The summed E-state index contributed by atoms with van der Waals surface area (Å²) >= 11 is 0. The summed E-state index contributed by atoms with van der Waals surface area (Å²) in [5.74, 6) is -0.00231. The van der Waals surface area contributed by atoms with Crippen LogP contribution in [0.2, 0.25) is 0 Å². The molecule has 0 spiro atoms. The van der Waals surface area contributed by atoms with Crippen molar-refractivity contribution in [2.75, 3.05) is 20.2 Å². The summed E-state index contributed by atoms with van der Waals surface area (Å²) in [5.41, 5.74) is 1.79. The van der Waals surface area contributed by atoms with Crippen molar-refractivity contribution in [2.24, 2.45) is 0 Å². The predicted octanol–water partition coefficient (Wildman–Crippen LogP) is 1.82. The number of carbonyl (C=O) groups is 1. The highest BCUT2D eigenvalue weighted by atomic mass is 16.5. The number of ether oxygens (including phenoxy) is 1. The van der Waals surface area contributed by atoms with E-state index in [0.29, 0.717) is 6.54 Å². The van der Waals surface area contributed by atoms with Gasteiger partial charge in [0.1, 0.15) is 0 Å². The van der Waals surface area contributed by atoms with Crippen molar-refractivity contribution >= 4 is 5.91 Å². The number of hydrogen-bond donors (Lipinski definition) is 2. The Hall–Kier alpha value is -1.03. The first-order chi connectivity index (χ1) is 8.06. The molecule has 0 aliphatic heterocycles. The first kappa shape index (κ1) is 16.0. The maximum absolute atomic E-state index is 11.9. The molecule has 0 bridgehead atoms. The molecule has 4 heteroatoms. The normalized spacial score (nSPS) is 13.9. The molecular formula is C13H26N2O2. The molecule has 0 aromatic rings. The largest absolute Gasteiger partial charge is 0.388 e. The number of amides is 1. The van der Waals surface area contributed by atoms with E-state index in [0.717, 1.165) is 30.7 Å². The van der Waals surface area contributed by atoms with Gasteiger partial charge >= 0.3 is 0 Å². The monoisotopic (exact) mass is 242 g/mol. The third-order valence-electron chi connectivity index (χ3n) is 2.67. The number of allylic oxidation sites excluding steroid dienone is 1. The van der Waals surface area contributed by atoms with E-state index in [2.05, 4.69) is 17.6 Å². The van der Waals surface area contributed by atoms with Crippen LogP contribution in [0.4, 0.5) is 0 Å². The number of hydrogen-bond acceptors (Lipinski definition) is 3. The molecule has 1 unspecified atom stereocenters. The lowest BCUT2D eigenvalue weighted by atomic mass is 10.1. The quantitative estimate of drug-likeness (QED) is 0.638. The second kappa shape index (κ2) is 9.05. The van der Waals surface area contributed by atoms with E-state index in [-0.39, 0.29) is 12.0 Å². The molecule has 17 heavy (non-hydrogen) atoms. The Kier molecular flexibility index (Phi) is 8.50. The van der Waals surface area contributed by atoms with Crippen LogP contribution in [0.5, 0.6) is 0 Å². The molecule has 1 amide bonds. The molecule has 0 aliphatic rings. The van der Waals surface area contributed by atoms with Crippen LogP contribution in [0.3, 0.4) is 0 Å². The molecule has 0 radical (unpaired) electrons. The minimum atomic E-state index is -0.00231. The molecule has 2 N–H and O–H groups in total. The molecule has 4 nitrogen and oxygen atoms in total. The van der Waals surface area contributed by atoms with Crippen LogP contribution in [0, 0.1) is 0 Å². The zero-order chi connectivity index (χ0) is 13.3. The van der Waals surface area contributed by atoms with E-state index in [1.807, 2.05) is 20.8 Å². The van der Waals surface area contributed by atoms with Crippen LogP contribution in [0.1, 0.15) is 40.5 Å². The van der Waals surface area contributed by atoms with Gasteiger partial charge in [-0.2, -0.15) is 0 Å². The summed E-state index contributed by atoms with van der Waals surface area (Å²) in [6.07, 6.45) is 1.83. The Morgan fingerprint density at radius 1 is 1.29 bits per heavy atom. The maximum Gasteiger partial charge on any atom is 0.249 e. The summed E-state index contributed by atoms with van der Waals surface area (Å²) in [7, 11) is 1.64. The van der Waals surface area contributed by atoms with Crippen molar-refractivity contribution < 1.29 is 9.53 Å². The summed E-state index contributed by atoms with van der Waals surface area (Å²) in [4.78, 5) is 11.9. The number of carbonyl (C=O) groups excluding carboxylic acids is 1. The molecular weight excluding hydrogens is 216 g/mol. The molecule has 100 valence electrons. The van der Waals surface area contributed by atoms with Gasteiger partial charge in [0, 0.05) is 31.5 Å². The second-order valence-electron chi connectivity index (χ2n) is 4.14. The van der Waals surface area contributed by atoms with Gasteiger partial charge < -0.3 is 15.4 Å². The van der Waals surface area contributed by atoms with Gasteiger partial charge in [-0.25, -0.2) is 0 Å². The van der Waals surface area contributed by atoms with E-state index in [1.54, 1.807) is 7.11 Å². The molecule has 0 aromatic carbocycles. The van der Waals surface area contributed by atoms with Gasteiger partial charge in [-0.15, -0.1) is 0 Å². The highest BCUT2D eigenvalue weighted by Crippen LogP contribution is 2.06. The number of methoxy groups -OCH3 is 1. The minimum absolute atomic E-state index is 0.00231. The van der Waals surface area contributed by atoms with E-state index >= 15 is 0 Å². The van der Waals surface area contributed by atoms with E-state index < -0.39 is 0 Å². The molecule has 0 saturated heterocycles. The van der Waals surface area contributed by atoms with Gasteiger partial charge in [-0.05, 0) is 26.7 Å². The Labute approximate surface area is 105 Å². The van der Waals surface area contributed by atoms with Gasteiger partial charge in [-0.3, -0.25) is 4.79 Å². The molecule has 0 fully saturated rings. The van der Waals surface area contributed by atoms with Crippen molar-refractivity contribution in [2.45, 2.75) is 46.6 Å². The van der Waals surface area contributed by atoms with Crippen molar-refractivity contribution in [1.82, 2.24) is 10.6 Å². The van der Waals surface area contributed by atoms with Gasteiger partial charge in [-0.1, -0.05) is 13.8 Å². The highest BCUT2D eigenvalue weighted by molar-refractivity contribution is 5.93. The first-order valence-electron chi connectivity index (χ1n) is 6.31. The van der Waals surface area contributed by atoms with Crippen LogP contribution in [-0.2, 0) is 9.53 Å². The van der Waals surface area contributed by atoms with Gasteiger partial charge in [0.05, 0.1) is 6.10 Å². The Morgan fingerprint density at radius 2 is 1.94 bits per heavy atom. The highest BCUT2D eigenvalue weighted by Gasteiger charge is 2.11. The van der Waals surface area contributed by atoms with E-state index in [4.69, 9.17) is 4.74 Å². The van der Waals surface area contributed by atoms with Crippen molar-refractivity contribution in [3.63, 3.8) is 0 Å².